The topological polar surface area (TPSA) is 93.7 Å². The minimum absolute atomic E-state index is 0.265. The van der Waals surface area contributed by atoms with E-state index in [1.54, 1.807) is 25.1 Å². The van der Waals surface area contributed by atoms with Crippen LogP contribution in [0.25, 0.3) is 0 Å². The highest BCUT2D eigenvalue weighted by Crippen LogP contribution is 2.16. The maximum Gasteiger partial charge on any atom is 0.338 e. The Morgan fingerprint density at radius 1 is 1.04 bits per heavy atom. The smallest absolute Gasteiger partial charge is 0.338 e. The molecule has 0 aromatic heterocycles. The number of nitrogens with one attached hydrogen (secondary N) is 2. The maximum absolute atomic E-state index is 12.1. The maximum atomic E-state index is 12.1. The standard InChI is InChI=1S/C20H22N2O5/c1-3-26-19(24)16-10-7-11-17(12-16)27-14(2)18(23)22-20(25)21-13-15-8-5-4-6-9-15/h4-12,14H,3,13H2,1-2H3,(H2,21,22,23,25)/t14-/m1/s1. The number of urea groups is 1. The quantitative estimate of drug-likeness (QED) is 0.731. The highest BCUT2D eigenvalue weighted by atomic mass is 16.5. The van der Waals surface area contributed by atoms with Crippen LogP contribution in [0, 0.1) is 0 Å². The third-order valence-corrected chi connectivity index (χ3v) is 3.56. The van der Waals surface area contributed by atoms with Gasteiger partial charge in [-0.15, -0.1) is 0 Å². The van der Waals surface area contributed by atoms with Crippen molar-refractivity contribution in [3.8, 4) is 5.75 Å². The molecule has 0 heterocycles. The number of carbonyl (C=O) groups is 3. The van der Waals surface area contributed by atoms with Crippen molar-refractivity contribution in [1.29, 1.82) is 0 Å². The molecule has 3 amide bonds. The summed E-state index contributed by atoms with van der Waals surface area (Å²) in [6.45, 7) is 3.79. The molecule has 0 saturated heterocycles. The lowest BCUT2D eigenvalue weighted by atomic mass is 10.2. The predicted molar refractivity (Wildman–Crippen MR) is 99.3 cm³/mol. The molecule has 2 rings (SSSR count). The Bertz CT molecular complexity index is 792. The van der Waals surface area contributed by atoms with Gasteiger partial charge in [-0.25, -0.2) is 9.59 Å². The minimum atomic E-state index is -0.926. The van der Waals surface area contributed by atoms with Gasteiger partial charge in [0.25, 0.3) is 5.91 Å². The Morgan fingerprint density at radius 3 is 2.48 bits per heavy atom. The van der Waals surface area contributed by atoms with E-state index in [9.17, 15) is 14.4 Å². The van der Waals surface area contributed by atoms with Crippen LogP contribution in [0.3, 0.4) is 0 Å². The number of hydrogen-bond donors (Lipinski definition) is 2. The van der Waals surface area contributed by atoms with Crippen molar-refractivity contribution in [2.45, 2.75) is 26.5 Å². The van der Waals surface area contributed by atoms with E-state index in [-0.39, 0.29) is 6.61 Å². The second kappa shape index (κ2) is 9.96. The highest BCUT2D eigenvalue weighted by Gasteiger charge is 2.18. The van der Waals surface area contributed by atoms with Gasteiger partial charge in [-0.3, -0.25) is 10.1 Å². The number of rotatable bonds is 7. The molecule has 0 aliphatic carbocycles. The molecule has 27 heavy (non-hydrogen) atoms. The van der Waals surface area contributed by atoms with Gasteiger partial charge in [0.1, 0.15) is 5.75 Å². The summed E-state index contributed by atoms with van der Waals surface area (Å²) in [5.41, 5.74) is 1.24. The molecule has 2 N–H and O–H groups in total. The molecule has 1 atom stereocenters. The zero-order valence-corrected chi connectivity index (χ0v) is 15.2. The number of ether oxygens (including phenoxy) is 2. The largest absolute Gasteiger partial charge is 0.481 e. The summed E-state index contributed by atoms with van der Waals surface area (Å²) in [5.74, 6) is -0.740. The van der Waals surface area contributed by atoms with Crippen LogP contribution in [0.1, 0.15) is 29.8 Å². The minimum Gasteiger partial charge on any atom is -0.481 e. The Morgan fingerprint density at radius 2 is 1.78 bits per heavy atom. The summed E-state index contributed by atoms with van der Waals surface area (Å²) < 4.78 is 10.4. The first-order valence-electron chi connectivity index (χ1n) is 8.56. The van der Waals surface area contributed by atoms with Crippen molar-refractivity contribution in [1.82, 2.24) is 10.6 Å². The normalized spacial score (nSPS) is 11.2. The molecule has 2 aromatic rings. The summed E-state index contributed by atoms with van der Waals surface area (Å²) in [5, 5.41) is 4.82. The van der Waals surface area contributed by atoms with Crippen molar-refractivity contribution in [2.24, 2.45) is 0 Å². The van der Waals surface area contributed by atoms with Crippen LogP contribution in [0.15, 0.2) is 54.6 Å². The molecule has 7 nitrogen and oxygen atoms in total. The van der Waals surface area contributed by atoms with E-state index >= 15 is 0 Å². The third-order valence-electron chi connectivity index (χ3n) is 3.56. The summed E-state index contributed by atoms with van der Waals surface area (Å²) in [6.07, 6.45) is -0.926. The first-order chi connectivity index (χ1) is 13.0. The Balaban J connectivity index is 1.85. The van der Waals surface area contributed by atoms with Crippen LogP contribution in [-0.2, 0) is 16.1 Å². The van der Waals surface area contributed by atoms with E-state index < -0.39 is 24.0 Å². The van der Waals surface area contributed by atoms with Gasteiger partial charge in [0, 0.05) is 6.54 Å². The Hall–Kier alpha value is -3.35. The summed E-state index contributed by atoms with van der Waals surface area (Å²) in [6, 6.07) is 15.0. The van der Waals surface area contributed by atoms with Crippen molar-refractivity contribution in [3.05, 3.63) is 65.7 Å². The highest BCUT2D eigenvalue weighted by molar-refractivity contribution is 5.96. The number of benzene rings is 2. The van der Waals surface area contributed by atoms with Crippen molar-refractivity contribution in [2.75, 3.05) is 6.61 Å². The lowest BCUT2D eigenvalue weighted by Crippen LogP contribution is -2.44. The van der Waals surface area contributed by atoms with Gasteiger partial charge in [0.15, 0.2) is 6.10 Å². The average molecular weight is 370 g/mol. The monoisotopic (exact) mass is 370 g/mol. The summed E-state index contributed by atoms with van der Waals surface area (Å²) in [7, 11) is 0. The molecule has 142 valence electrons. The van der Waals surface area contributed by atoms with Crippen molar-refractivity contribution in [3.63, 3.8) is 0 Å². The van der Waals surface area contributed by atoms with E-state index in [0.29, 0.717) is 17.9 Å². The fourth-order valence-electron chi connectivity index (χ4n) is 2.20. The number of hydrogen-bond acceptors (Lipinski definition) is 5. The van der Waals surface area contributed by atoms with E-state index in [0.717, 1.165) is 5.56 Å². The second-order valence-corrected chi connectivity index (χ2v) is 5.67. The molecule has 2 aromatic carbocycles. The molecule has 0 radical (unpaired) electrons. The van der Waals surface area contributed by atoms with Gasteiger partial charge in [-0.05, 0) is 37.6 Å². The van der Waals surface area contributed by atoms with Crippen LogP contribution >= 0.6 is 0 Å². The molecule has 0 fully saturated rings. The van der Waals surface area contributed by atoms with Gasteiger partial charge >= 0.3 is 12.0 Å². The summed E-state index contributed by atoms with van der Waals surface area (Å²) >= 11 is 0. The average Bonchev–Trinajstić information content (AvgIpc) is 2.67. The molecule has 0 aliphatic rings. The predicted octanol–water partition coefficient (Wildman–Crippen LogP) is 2.66. The van der Waals surface area contributed by atoms with E-state index in [4.69, 9.17) is 9.47 Å². The van der Waals surface area contributed by atoms with E-state index in [1.807, 2.05) is 30.3 Å². The van der Waals surface area contributed by atoms with Crippen molar-refractivity contribution < 1.29 is 23.9 Å². The van der Waals surface area contributed by atoms with E-state index in [1.165, 1.54) is 13.0 Å². The number of esters is 1. The van der Waals surface area contributed by atoms with Crippen LogP contribution in [0.5, 0.6) is 5.75 Å². The van der Waals surface area contributed by atoms with Gasteiger partial charge in [-0.1, -0.05) is 36.4 Å². The first-order valence-corrected chi connectivity index (χ1v) is 8.56. The number of amides is 3. The second-order valence-electron chi connectivity index (χ2n) is 5.67. The van der Waals surface area contributed by atoms with Gasteiger partial charge in [-0.2, -0.15) is 0 Å². The molecular formula is C20H22N2O5. The zero-order chi connectivity index (χ0) is 19.6. The summed E-state index contributed by atoms with van der Waals surface area (Å²) in [4.78, 5) is 35.7. The molecule has 0 aliphatic heterocycles. The van der Waals surface area contributed by atoms with Gasteiger partial charge in [0.05, 0.1) is 12.2 Å². The first kappa shape index (κ1) is 20.0. The zero-order valence-electron chi connectivity index (χ0n) is 15.2. The van der Waals surface area contributed by atoms with Crippen molar-refractivity contribution >= 4 is 17.9 Å². The SMILES string of the molecule is CCOC(=O)c1cccc(O[C@H](C)C(=O)NC(=O)NCc2ccccc2)c1. The lowest BCUT2D eigenvalue weighted by Gasteiger charge is -2.15. The number of imide groups is 1. The Kier molecular flexibility index (Phi) is 7.37. The van der Waals surface area contributed by atoms with E-state index in [2.05, 4.69) is 10.6 Å². The van der Waals surface area contributed by atoms with Crippen LogP contribution < -0.4 is 15.4 Å². The molecule has 0 spiro atoms. The molecule has 0 saturated carbocycles. The molecular weight excluding hydrogens is 348 g/mol. The molecule has 0 bridgehead atoms. The fourth-order valence-corrected chi connectivity index (χ4v) is 2.20. The molecule has 7 heteroatoms. The van der Waals surface area contributed by atoms with Crippen LogP contribution in [-0.4, -0.2) is 30.6 Å². The lowest BCUT2D eigenvalue weighted by molar-refractivity contribution is -0.126. The van der Waals surface area contributed by atoms with Gasteiger partial charge < -0.3 is 14.8 Å². The fraction of sp³-hybridized carbons (Fsp3) is 0.250. The number of carbonyl (C=O) groups excluding carboxylic acids is 3. The third kappa shape index (κ3) is 6.47. The van der Waals surface area contributed by atoms with Crippen LogP contribution in [0.4, 0.5) is 4.79 Å². The molecule has 0 unspecified atom stereocenters. The van der Waals surface area contributed by atoms with Crippen LogP contribution in [0.2, 0.25) is 0 Å². The van der Waals surface area contributed by atoms with Gasteiger partial charge in [0.2, 0.25) is 0 Å². The Labute approximate surface area is 157 Å².